The van der Waals surface area contributed by atoms with E-state index in [4.69, 9.17) is 10.8 Å². The lowest BCUT2D eigenvalue weighted by molar-refractivity contribution is -0.142. The highest BCUT2D eigenvalue weighted by Gasteiger charge is 2.30. The van der Waals surface area contributed by atoms with E-state index in [1.54, 1.807) is 13.8 Å². The number of carbonyl (C=O) groups is 4. The number of amides is 3. The molecule has 0 spiro atoms. The minimum absolute atomic E-state index is 0.292. The second-order valence-corrected chi connectivity index (χ2v) is 5.45. The average Bonchev–Trinajstić information content (AvgIpc) is 2.55. The van der Waals surface area contributed by atoms with E-state index in [2.05, 4.69) is 16.0 Å². The summed E-state index contributed by atoms with van der Waals surface area (Å²) in [5.74, 6) is -3.55. The highest BCUT2D eigenvalue weighted by molar-refractivity contribution is 5.93. The Morgan fingerprint density at radius 1 is 1.04 bits per heavy atom. The molecule has 0 fully saturated rings. The Morgan fingerprint density at radius 3 is 2.04 bits per heavy atom. The SMILES string of the molecule is CCC(C)C(NC(=O)C(CO)NC(=O)CN)C(=O)NC(C)C(=O)O. The average molecular weight is 346 g/mol. The number of carboxylic acids is 1. The third-order valence-electron chi connectivity index (χ3n) is 3.54. The van der Waals surface area contributed by atoms with Crippen molar-refractivity contribution in [2.75, 3.05) is 13.2 Å². The van der Waals surface area contributed by atoms with Crippen LogP contribution in [0.15, 0.2) is 0 Å². The van der Waals surface area contributed by atoms with E-state index in [0.717, 1.165) is 0 Å². The van der Waals surface area contributed by atoms with E-state index < -0.39 is 48.4 Å². The molecule has 0 radical (unpaired) electrons. The van der Waals surface area contributed by atoms with Gasteiger partial charge in [0.15, 0.2) is 0 Å². The van der Waals surface area contributed by atoms with Crippen LogP contribution in [-0.4, -0.2) is 65.2 Å². The second-order valence-electron chi connectivity index (χ2n) is 5.45. The van der Waals surface area contributed by atoms with Crippen LogP contribution in [0.4, 0.5) is 0 Å². The standard InChI is InChI=1S/C14H26N4O6/c1-4-7(2)11(13(22)16-8(3)14(23)24)18-12(21)9(6-19)17-10(20)5-15/h7-9,11,19H,4-6,15H2,1-3H3,(H,16,22)(H,17,20)(H,18,21)(H,23,24). The summed E-state index contributed by atoms with van der Waals surface area (Å²) < 4.78 is 0. The number of aliphatic hydroxyl groups is 1. The van der Waals surface area contributed by atoms with Gasteiger partial charge in [0.25, 0.3) is 0 Å². The number of nitrogens with one attached hydrogen (secondary N) is 3. The Labute approximate surface area is 140 Å². The maximum Gasteiger partial charge on any atom is 0.325 e. The van der Waals surface area contributed by atoms with Gasteiger partial charge in [-0.1, -0.05) is 20.3 Å². The normalized spacial score (nSPS) is 15.5. The van der Waals surface area contributed by atoms with Crippen molar-refractivity contribution in [3.05, 3.63) is 0 Å². The van der Waals surface area contributed by atoms with Crippen LogP contribution in [-0.2, 0) is 19.2 Å². The van der Waals surface area contributed by atoms with Crippen molar-refractivity contribution in [2.45, 2.75) is 45.3 Å². The lowest BCUT2D eigenvalue weighted by Gasteiger charge is -2.26. The topological polar surface area (TPSA) is 171 Å². The van der Waals surface area contributed by atoms with Crippen molar-refractivity contribution < 1.29 is 29.4 Å². The molecule has 138 valence electrons. The molecule has 3 amide bonds. The summed E-state index contributed by atoms with van der Waals surface area (Å²) in [4.78, 5) is 46.5. The molecule has 0 aliphatic heterocycles. The molecule has 24 heavy (non-hydrogen) atoms. The lowest BCUT2D eigenvalue weighted by Crippen LogP contribution is -2.58. The van der Waals surface area contributed by atoms with Gasteiger partial charge in [-0.15, -0.1) is 0 Å². The third-order valence-corrected chi connectivity index (χ3v) is 3.54. The number of rotatable bonds is 10. The van der Waals surface area contributed by atoms with Gasteiger partial charge in [0.2, 0.25) is 17.7 Å². The van der Waals surface area contributed by atoms with E-state index in [-0.39, 0.29) is 12.5 Å². The molecular formula is C14H26N4O6. The van der Waals surface area contributed by atoms with E-state index >= 15 is 0 Å². The lowest BCUT2D eigenvalue weighted by atomic mass is 9.97. The fourth-order valence-corrected chi connectivity index (χ4v) is 1.77. The van der Waals surface area contributed by atoms with E-state index in [1.807, 2.05) is 0 Å². The second kappa shape index (κ2) is 10.6. The van der Waals surface area contributed by atoms with Crippen molar-refractivity contribution >= 4 is 23.7 Å². The Balaban J connectivity index is 5.06. The molecule has 0 aromatic rings. The first kappa shape index (κ1) is 21.8. The zero-order valence-electron chi connectivity index (χ0n) is 14.0. The minimum Gasteiger partial charge on any atom is -0.480 e. The number of nitrogens with two attached hydrogens (primary N) is 1. The summed E-state index contributed by atoms with van der Waals surface area (Å²) in [7, 11) is 0. The van der Waals surface area contributed by atoms with E-state index in [0.29, 0.717) is 6.42 Å². The molecule has 0 heterocycles. The zero-order valence-corrected chi connectivity index (χ0v) is 14.0. The molecule has 0 aliphatic rings. The number of carbonyl (C=O) groups excluding carboxylic acids is 3. The Kier molecular flexibility index (Phi) is 9.58. The number of hydrogen-bond acceptors (Lipinski definition) is 6. The Bertz CT molecular complexity index is 470. The molecule has 0 aromatic carbocycles. The van der Waals surface area contributed by atoms with Crippen LogP contribution in [0.2, 0.25) is 0 Å². The maximum atomic E-state index is 12.2. The molecule has 7 N–H and O–H groups in total. The van der Waals surface area contributed by atoms with Gasteiger partial charge in [0.05, 0.1) is 13.2 Å². The van der Waals surface area contributed by atoms with Gasteiger partial charge in [-0.05, 0) is 12.8 Å². The number of aliphatic hydroxyl groups excluding tert-OH is 1. The molecular weight excluding hydrogens is 320 g/mol. The molecule has 0 saturated heterocycles. The third kappa shape index (κ3) is 6.92. The summed E-state index contributed by atoms with van der Waals surface area (Å²) in [5.41, 5.74) is 5.13. The Morgan fingerprint density at radius 2 is 1.62 bits per heavy atom. The zero-order chi connectivity index (χ0) is 18.9. The molecule has 4 unspecified atom stereocenters. The van der Waals surface area contributed by atoms with Crippen molar-refractivity contribution in [3.63, 3.8) is 0 Å². The fourth-order valence-electron chi connectivity index (χ4n) is 1.77. The van der Waals surface area contributed by atoms with Crippen LogP contribution in [0, 0.1) is 5.92 Å². The first-order valence-corrected chi connectivity index (χ1v) is 7.61. The molecule has 0 aliphatic carbocycles. The number of hydrogen-bond donors (Lipinski definition) is 6. The summed E-state index contributed by atoms with van der Waals surface area (Å²) >= 11 is 0. The first-order chi connectivity index (χ1) is 11.2. The number of carboxylic acid groups (broad SMARTS) is 1. The first-order valence-electron chi connectivity index (χ1n) is 7.61. The van der Waals surface area contributed by atoms with Gasteiger partial charge in [0.1, 0.15) is 18.1 Å². The highest BCUT2D eigenvalue weighted by atomic mass is 16.4. The summed E-state index contributed by atoms with van der Waals surface area (Å²) in [6.45, 7) is 3.79. The predicted octanol–water partition coefficient (Wildman–Crippen LogP) is -2.46. The molecule has 0 aromatic heterocycles. The molecule has 10 nitrogen and oxygen atoms in total. The maximum absolute atomic E-state index is 12.2. The molecule has 0 bridgehead atoms. The van der Waals surface area contributed by atoms with Gasteiger partial charge in [-0.2, -0.15) is 0 Å². The summed E-state index contributed by atoms with van der Waals surface area (Å²) in [5, 5.41) is 25.0. The molecule has 10 heteroatoms. The summed E-state index contributed by atoms with van der Waals surface area (Å²) in [6, 6.07) is -3.38. The predicted molar refractivity (Wildman–Crippen MR) is 84.7 cm³/mol. The van der Waals surface area contributed by atoms with Gasteiger partial charge in [-0.25, -0.2) is 0 Å². The minimum atomic E-state index is -1.25. The Hall–Kier alpha value is -2.20. The van der Waals surface area contributed by atoms with Gasteiger partial charge < -0.3 is 31.9 Å². The highest BCUT2D eigenvalue weighted by Crippen LogP contribution is 2.09. The summed E-state index contributed by atoms with van der Waals surface area (Å²) in [6.07, 6.45) is 0.540. The van der Waals surface area contributed by atoms with Crippen molar-refractivity contribution in [3.8, 4) is 0 Å². The van der Waals surface area contributed by atoms with Gasteiger partial charge in [0, 0.05) is 0 Å². The largest absolute Gasteiger partial charge is 0.480 e. The van der Waals surface area contributed by atoms with Crippen LogP contribution in [0.25, 0.3) is 0 Å². The van der Waals surface area contributed by atoms with Gasteiger partial charge >= 0.3 is 5.97 Å². The van der Waals surface area contributed by atoms with Crippen LogP contribution in [0.1, 0.15) is 27.2 Å². The quantitative estimate of drug-likeness (QED) is 0.255. The smallest absolute Gasteiger partial charge is 0.325 e. The van der Waals surface area contributed by atoms with E-state index in [1.165, 1.54) is 6.92 Å². The van der Waals surface area contributed by atoms with Crippen LogP contribution in [0.3, 0.4) is 0 Å². The van der Waals surface area contributed by atoms with Crippen LogP contribution < -0.4 is 21.7 Å². The van der Waals surface area contributed by atoms with Crippen molar-refractivity contribution in [1.29, 1.82) is 0 Å². The van der Waals surface area contributed by atoms with E-state index in [9.17, 15) is 24.3 Å². The fraction of sp³-hybridized carbons (Fsp3) is 0.714. The molecule has 0 saturated carbocycles. The number of aliphatic carboxylic acids is 1. The van der Waals surface area contributed by atoms with Crippen LogP contribution in [0.5, 0.6) is 0 Å². The van der Waals surface area contributed by atoms with Gasteiger partial charge in [-0.3, -0.25) is 19.2 Å². The monoisotopic (exact) mass is 346 g/mol. The van der Waals surface area contributed by atoms with Crippen LogP contribution >= 0.6 is 0 Å². The van der Waals surface area contributed by atoms with Crippen molar-refractivity contribution in [1.82, 2.24) is 16.0 Å². The van der Waals surface area contributed by atoms with Crippen molar-refractivity contribution in [2.24, 2.45) is 11.7 Å². The molecule has 4 atom stereocenters. The molecule has 0 rings (SSSR count).